The normalized spacial score (nSPS) is 15.8. The van der Waals surface area contributed by atoms with Crippen LogP contribution in [0.25, 0.3) is 10.9 Å². The topological polar surface area (TPSA) is 70.5 Å². The van der Waals surface area contributed by atoms with Gasteiger partial charge in [-0.05, 0) is 38.0 Å². The van der Waals surface area contributed by atoms with Gasteiger partial charge in [0.05, 0.1) is 17.0 Å². The largest absolute Gasteiger partial charge is 0.481 e. The maximum absolute atomic E-state index is 12.9. The summed E-state index contributed by atoms with van der Waals surface area (Å²) in [4.78, 5) is 30.1. The van der Waals surface area contributed by atoms with Crippen molar-refractivity contribution in [3.05, 3.63) is 40.0 Å². The van der Waals surface area contributed by atoms with Gasteiger partial charge in [-0.1, -0.05) is 22.0 Å². The first-order chi connectivity index (χ1) is 11.0. The van der Waals surface area contributed by atoms with Crippen LogP contribution in [0.1, 0.15) is 28.9 Å². The standard InChI is InChI=1S/C17H17BrN2O3/c1-10-8-14(13-3-2-12(18)9-15(13)19-10)16(21)20-6-4-11(5-7-20)17(22)23/h2-3,8-9,11H,4-7H2,1H3,(H,22,23). The van der Waals surface area contributed by atoms with Gasteiger partial charge >= 0.3 is 5.97 Å². The van der Waals surface area contributed by atoms with Crippen molar-refractivity contribution in [3.63, 3.8) is 0 Å². The molecule has 3 rings (SSSR count). The highest BCUT2D eigenvalue weighted by atomic mass is 79.9. The second-order valence-corrected chi connectivity index (χ2v) is 6.79. The highest BCUT2D eigenvalue weighted by Crippen LogP contribution is 2.25. The molecule has 120 valence electrons. The Morgan fingerprint density at radius 1 is 1.26 bits per heavy atom. The number of aromatic nitrogens is 1. The molecule has 1 aromatic heterocycles. The van der Waals surface area contributed by atoms with Crippen molar-refractivity contribution in [2.45, 2.75) is 19.8 Å². The first-order valence-electron chi connectivity index (χ1n) is 7.54. The highest BCUT2D eigenvalue weighted by molar-refractivity contribution is 9.10. The summed E-state index contributed by atoms with van der Waals surface area (Å²) < 4.78 is 0.920. The molecule has 2 heterocycles. The SMILES string of the molecule is Cc1cc(C(=O)N2CCC(C(=O)O)CC2)c2ccc(Br)cc2n1. The zero-order chi connectivity index (χ0) is 16.6. The summed E-state index contributed by atoms with van der Waals surface area (Å²) >= 11 is 3.42. The van der Waals surface area contributed by atoms with E-state index in [1.807, 2.05) is 31.2 Å². The van der Waals surface area contributed by atoms with Crippen molar-refractivity contribution < 1.29 is 14.7 Å². The maximum atomic E-state index is 12.9. The molecule has 1 fully saturated rings. The molecule has 1 N–H and O–H groups in total. The molecule has 1 saturated heterocycles. The second kappa shape index (κ2) is 6.28. The van der Waals surface area contributed by atoms with Crippen LogP contribution in [0.15, 0.2) is 28.7 Å². The summed E-state index contributed by atoms with van der Waals surface area (Å²) in [7, 11) is 0. The zero-order valence-electron chi connectivity index (χ0n) is 12.8. The monoisotopic (exact) mass is 376 g/mol. The molecule has 5 nitrogen and oxygen atoms in total. The van der Waals surface area contributed by atoms with Crippen molar-refractivity contribution in [1.82, 2.24) is 9.88 Å². The first kappa shape index (κ1) is 15.9. The van der Waals surface area contributed by atoms with E-state index in [0.29, 0.717) is 31.5 Å². The minimum absolute atomic E-state index is 0.0494. The van der Waals surface area contributed by atoms with E-state index in [4.69, 9.17) is 5.11 Å². The number of hydrogen-bond acceptors (Lipinski definition) is 3. The zero-order valence-corrected chi connectivity index (χ0v) is 14.3. The van der Waals surface area contributed by atoms with E-state index in [1.54, 1.807) is 4.90 Å². The number of likely N-dealkylation sites (tertiary alicyclic amines) is 1. The molecule has 0 atom stereocenters. The third kappa shape index (κ3) is 3.22. The molecule has 0 saturated carbocycles. The first-order valence-corrected chi connectivity index (χ1v) is 8.34. The van der Waals surface area contributed by atoms with E-state index in [1.165, 1.54) is 0 Å². The third-order valence-electron chi connectivity index (χ3n) is 4.26. The number of hydrogen-bond donors (Lipinski definition) is 1. The smallest absolute Gasteiger partial charge is 0.306 e. The second-order valence-electron chi connectivity index (χ2n) is 5.88. The minimum Gasteiger partial charge on any atom is -0.481 e. The van der Waals surface area contributed by atoms with E-state index in [0.717, 1.165) is 21.1 Å². The number of aliphatic carboxylic acids is 1. The Bertz CT molecular complexity index is 777. The average Bonchev–Trinajstić information content (AvgIpc) is 2.53. The van der Waals surface area contributed by atoms with Gasteiger partial charge in [0, 0.05) is 28.6 Å². The minimum atomic E-state index is -0.771. The Kier molecular flexibility index (Phi) is 4.35. The summed E-state index contributed by atoms with van der Waals surface area (Å²) in [5, 5.41) is 9.89. The van der Waals surface area contributed by atoms with Crippen molar-refractivity contribution in [2.24, 2.45) is 5.92 Å². The lowest BCUT2D eigenvalue weighted by Crippen LogP contribution is -2.40. The maximum Gasteiger partial charge on any atom is 0.306 e. The van der Waals surface area contributed by atoms with Gasteiger partial charge in [0.2, 0.25) is 0 Å². The number of pyridine rings is 1. The molecule has 23 heavy (non-hydrogen) atoms. The number of carboxylic acids is 1. The molecule has 1 aromatic carbocycles. The summed E-state index contributed by atoms with van der Waals surface area (Å²) in [6, 6.07) is 7.49. The van der Waals surface area contributed by atoms with Gasteiger partial charge in [-0.15, -0.1) is 0 Å². The van der Waals surface area contributed by atoms with Crippen LogP contribution in [0.5, 0.6) is 0 Å². The lowest BCUT2D eigenvalue weighted by atomic mass is 9.96. The number of nitrogens with zero attached hydrogens (tertiary/aromatic N) is 2. The predicted octanol–water partition coefficient (Wildman–Crippen LogP) is 3.24. The number of benzene rings is 1. The predicted molar refractivity (Wildman–Crippen MR) is 90.4 cm³/mol. The number of piperidine rings is 1. The molecule has 1 aliphatic heterocycles. The summed E-state index contributed by atoms with van der Waals surface area (Å²) in [6.07, 6.45) is 1.02. The van der Waals surface area contributed by atoms with Gasteiger partial charge in [0.1, 0.15) is 0 Å². The Hall–Kier alpha value is -1.95. The van der Waals surface area contributed by atoms with Crippen LogP contribution in [0.2, 0.25) is 0 Å². The number of carbonyl (C=O) groups is 2. The van der Waals surface area contributed by atoms with Gasteiger partial charge < -0.3 is 10.0 Å². The summed E-state index contributed by atoms with van der Waals surface area (Å²) in [6.45, 7) is 2.83. The molecular formula is C17H17BrN2O3. The van der Waals surface area contributed by atoms with Crippen molar-refractivity contribution in [2.75, 3.05) is 13.1 Å². The Morgan fingerprint density at radius 2 is 1.96 bits per heavy atom. The van der Waals surface area contributed by atoms with E-state index in [2.05, 4.69) is 20.9 Å². The van der Waals surface area contributed by atoms with Gasteiger partial charge in [-0.25, -0.2) is 0 Å². The molecule has 0 radical (unpaired) electrons. The summed E-state index contributed by atoms with van der Waals surface area (Å²) in [5.74, 6) is -1.16. The molecule has 1 aliphatic rings. The van der Waals surface area contributed by atoms with E-state index < -0.39 is 5.97 Å². The molecule has 0 spiro atoms. The van der Waals surface area contributed by atoms with E-state index >= 15 is 0 Å². The number of amides is 1. The molecular weight excluding hydrogens is 360 g/mol. The van der Waals surface area contributed by atoms with Crippen LogP contribution < -0.4 is 0 Å². The van der Waals surface area contributed by atoms with E-state index in [9.17, 15) is 9.59 Å². The van der Waals surface area contributed by atoms with Gasteiger partial charge in [-0.3, -0.25) is 14.6 Å². The van der Waals surface area contributed by atoms with Crippen LogP contribution >= 0.6 is 15.9 Å². The molecule has 1 amide bonds. The van der Waals surface area contributed by atoms with Gasteiger partial charge in [0.15, 0.2) is 0 Å². The fourth-order valence-corrected chi connectivity index (χ4v) is 3.36. The van der Waals surface area contributed by atoms with Crippen LogP contribution in [0, 0.1) is 12.8 Å². The van der Waals surface area contributed by atoms with E-state index in [-0.39, 0.29) is 11.8 Å². The molecule has 0 bridgehead atoms. The highest BCUT2D eigenvalue weighted by Gasteiger charge is 2.28. The van der Waals surface area contributed by atoms with Gasteiger partial charge in [-0.2, -0.15) is 0 Å². The summed E-state index contributed by atoms with van der Waals surface area (Å²) in [5.41, 5.74) is 2.20. The number of carboxylic acid groups (broad SMARTS) is 1. The fourth-order valence-electron chi connectivity index (χ4n) is 3.01. The number of rotatable bonds is 2. The lowest BCUT2D eigenvalue weighted by molar-refractivity contribution is -0.143. The molecule has 0 unspecified atom stereocenters. The Balaban J connectivity index is 1.91. The third-order valence-corrected chi connectivity index (χ3v) is 4.76. The number of fused-ring (bicyclic) bond motifs is 1. The Morgan fingerprint density at radius 3 is 2.61 bits per heavy atom. The average molecular weight is 377 g/mol. The molecule has 0 aliphatic carbocycles. The Labute approximate surface area is 142 Å². The number of aryl methyl sites for hydroxylation is 1. The van der Waals surface area contributed by atoms with Gasteiger partial charge in [0.25, 0.3) is 5.91 Å². The van der Waals surface area contributed by atoms with Crippen LogP contribution in [0.4, 0.5) is 0 Å². The quantitative estimate of drug-likeness (QED) is 0.872. The molecule has 6 heteroatoms. The van der Waals surface area contributed by atoms with Crippen LogP contribution in [-0.4, -0.2) is 40.0 Å². The lowest BCUT2D eigenvalue weighted by Gasteiger charge is -2.30. The van der Waals surface area contributed by atoms with Crippen LogP contribution in [-0.2, 0) is 4.79 Å². The van der Waals surface area contributed by atoms with Crippen molar-refractivity contribution in [3.8, 4) is 0 Å². The van der Waals surface area contributed by atoms with Crippen molar-refractivity contribution in [1.29, 1.82) is 0 Å². The van der Waals surface area contributed by atoms with Crippen molar-refractivity contribution >= 4 is 38.7 Å². The fraction of sp³-hybridized carbons (Fsp3) is 0.353. The number of carbonyl (C=O) groups excluding carboxylic acids is 1. The molecule has 2 aromatic rings. The number of halogens is 1. The van der Waals surface area contributed by atoms with Crippen LogP contribution in [0.3, 0.4) is 0 Å².